The molecule has 1 saturated carbocycles. The Morgan fingerprint density at radius 2 is 2.12 bits per heavy atom. The Balaban J connectivity index is 1.31. The summed E-state index contributed by atoms with van der Waals surface area (Å²) in [5, 5.41) is 4.02. The highest BCUT2D eigenvalue weighted by molar-refractivity contribution is 5.77. The second-order valence-corrected chi connectivity index (χ2v) is 6.76. The first-order valence-electron chi connectivity index (χ1n) is 9.06. The quantitative estimate of drug-likeness (QED) is 0.835. The number of rotatable bonds is 5. The summed E-state index contributed by atoms with van der Waals surface area (Å²) in [7, 11) is 0. The molecule has 1 aromatic heterocycles. The molecule has 2 atom stereocenters. The van der Waals surface area contributed by atoms with E-state index in [-0.39, 0.29) is 18.1 Å². The summed E-state index contributed by atoms with van der Waals surface area (Å²) < 4.78 is 11.1. The summed E-state index contributed by atoms with van der Waals surface area (Å²) in [4.78, 5) is 19.0. The van der Waals surface area contributed by atoms with Crippen LogP contribution in [0.4, 0.5) is 0 Å². The molecule has 1 amide bonds. The number of nitrogens with zero attached hydrogens (tertiary/aromatic N) is 3. The van der Waals surface area contributed by atoms with E-state index in [4.69, 9.17) is 9.26 Å². The van der Waals surface area contributed by atoms with Crippen LogP contribution >= 0.6 is 0 Å². The number of aromatic nitrogens is 2. The lowest BCUT2D eigenvalue weighted by Crippen LogP contribution is -2.51. The first-order chi connectivity index (χ1) is 12.3. The molecule has 0 bridgehead atoms. The van der Waals surface area contributed by atoms with Gasteiger partial charge < -0.3 is 14.2 Å². The van der Waals surface area contributed by atoms with E-state index in [9.17, 15) is 4.79 Å². The number of morpholine rings is 1. The molecule has 0 N–H and O–H groups in total. The molecule has 25 heavy (non-hydrogen) atoms. The van der Waals surface area contributed by atoms with E-state index in [0.717, 1.165) is 24.8 Å². The standard InChI is InChI=1S/C19H23N3O3/c23-19(22-11-12-24-16-8-4-7-15(16)22)10-9-18-20-17(21-25-18)13-14-5-2-1-3-6-14/h1-3,5-6,15-16H,4,7-13H2/t15-,16-/m1/s1. The van der Waals surface area contributed by atoms with Crippen molar-refractivity contribution < 1.29 is 14.1 Å². The molecule has 6 heteroatoms. The van der Waals surface area contributed by atoms with E-state index in [0.29, 0.717) is 44.1 Å². The fourth-order valence-corrected chi connectivity index (χ4v) is 3.83. The Bertz CT molecular complexity index is 716. The van der Waals surface area contributed by atoms with Crippen LogP contribution in [0.25, 0.3) is 0 Å². The van der Waals surface area contributed by atoms with E-state index in [2.05, 4.69) is 10.1 Å². The average Bonchev–Trinajstić information content (AvgIpc) is 3.29. The smallest absolute Gasteiger partial charge is 0.227 e. The monoisotopic (exact) mass is 341 g/mol. The lowest BCUT2D eigenvalue weighted by atomic mass is 10.1. The van der Waals surface area contributed by atoms with Crippen molar-refractivity contribution in [2.45, 2.75) is 50.7 Å². The van der Waals surface area contributed by atoms with Crippen molar-refractivity contribution in [2.24, 2.45) is 0 Å². The van der Waals surface area contributed by atoms with E-state index in [1.54, 1.807) is 0 Å². The van der Waals surface area contributed by atoms with Crippen molar-refractivity contribution in [1.82, 2.24) is 15.0 Å². The fourth-order valence-electron chi connectivity index (χ4n) is 3.83. The molecule has 6 nitrogen and oxygen atoms in total. The molecule has 0 spiro atoms. The fraction of sp³-hybridized carbons (Fsp3) is 0.526. The molecule has 2 aliphatic rings. The maximum Gasteiger partial charge on any atom is 0.227 e. The topological polar surface area (TPSA) is 68.5 Å². The van der Waals surface area contributed by atoms with Crippen molar-refractivity contribution in [2.75, 3.05) is 13.2 Å². The lowest BCUT2D eigenvalue weighted by Gasteiger charge is -2.37. The van der Waals surface area contributed by atoms with Gasteiger partial charge in [0.1, 0.15) is 0 Å². The molecule has 132 valence electrons. The van der Waals surface area contributed by atoms with Gasteiger partial charge in [-0.2, -0.15) is 4.98 Å². The number of hydrogen-bond acceptors (Lipinski definition) is 5. The van der Waals surface area contributed by atoms with E-state index < -0.39 is 0 Å². The Kier molecular flexibility index (Phi) is 4.78. The Hall–Kier alpha value is -2.21. The summed E-state index contributed by atoms with van der Waals surface area (Å²) in [5.74, 6) is 1.37. The summed E-state index contributed by atoms with van der Waals surface area (Å²) in [6.45, 7) is 1.35. The summed E-state index contributed by atoms with van der Waals surface area (Å²) in [6, 6.07) is 10.3. The zero-order valence-electron chi connectivity index (χ0n) is 14.3. The minimum Gasteiger partial charge on any atom is -0.374 e. The van der Waals surface area contributed by atoms with Gasteiger partial charge in [-0.05, 0) is 24.8 Å². The van der Waals surface area contributed by atoms with Gasteiger partial charge in [-0.1, -0.05) is 35.5 Å². The summed E-state index contributed by atoms with van der Waals surface area (Å²) in [6.07, 6.45) is 5.06. The number of amides is 1. The van der Waals surface area contributed by atoms with Crippen molar-refractivity contribution in [3.8, 4) is 0 Å². The van der Waals surface area contributed by atoms with Gasteiger partial charge in [0.05, 0.1) is 18.8 Å². The minimum atomic E-state index is 0.169. The highest BCUT2D eigenvalue weighted by Gasteiger charge is 2.38. The molecule has 2 heterocycles. The van der Waals surface area contributed by atoms with Crippen LogP contribution in [0.3, 0.4) is 0 Å². The van der Waals surface area contributed by atoms with Gasteiger partial charge in [-0.3, -0.25) is 4.79 Å². The van der Waals surface area contributed by atoms with Crippen LogP contribution in [0, 0.1) is 0 Å². The molecule has 0 radical (unpaired) electrons. The third-order valence-corrected chi connectivity index (χ3v) is 5.07. The zero-order chi connectivity index (χ0) is 17.1. The molecule has 1 aliphatic heterocycles. The number of benzene rings is 1. The number of ether oxygens (including phenoxy) is 1. The Morgan fingerprint density at radius 3 is 3.00 bits per heavy atom. The maximum absolute atomic E-state index is 12.6. The molecule has 2 fully saturated rings. The van der Waals surface area contributed by atoms with Gasteiger partial charge >= 0.3 is 0 Å². The lowest BCUT2D eigenvalue weighted by molar-refractivity contribution is -0.144. The SMILES string of the molecule is O=C(CCc1nc(Cc2ccccc2)no1)N1CCO[C@@H]2CCC[C@H]21. The first-order valence-corrected chi connectivity index (χ1v) is 9.06. The normalized spacial score (nSPS) is 22.8. The maximum atomic E-state index is 12.6. The molecule has 2 aromatic rings. The van der Waals surface area contributed by atoms with Gasteiger partial charge in [-0.15, -0.1) is 0 Å². The molecule has 4 rings (SSSR count). The number of fused-ring (bicyclic) bond motifs is 1. The molecule has 1 saturated heterocycles. The van der Waals surface area contributed by atoms with Gasteiger partial charge in [-0.25, -0.2) is 0 Å². The first kappa shape index (κ1) is 16.3. The number of carbonyl (C=O) groups excluding carboxylic acids is 1. The predicted molar refractivity (Wildman–Crippen MR) is 91.0 cm³/mol. The van der Waals surface area contributed by atoms with Crippen LogP contribution < -0.4 is 0 Å². The summed E-state index contributed by atoms with van der Waals surface area (Å²) >= 11 is 0. The van der Waals surface area contributed by atoms with Gasteiger partial charge in [0.2, 0.25) is 11.8 Å². The van der Waals surface area contributed by atoms with E-state index in [1.165, 1.54) is 0 Å². The second-order valence-electron chi connectivity index (χ2n) is 6.76. The predicted octanol–water partition coefficient (Wildman–Crippen LogP) is 2.37. The van der Waals surface area contributed by atoms with E-state index in [1.807, 2.05) is 35.2 Å². The molecule has 1 aliphatic carbocycles. The molecular formula is C19H23N3O3. The number of carbonyl (C=O) groups is 1. The highest BCUT2D eigenvalue weighted by Crippen LogP contribution is 2.30. The van der Waals surface area contributed by atoms with Crippen molar-refractivity contribution >= 4 is 5.91 Å². The Labute approximate surface area is 147 Å². The zero-order valence-corrected chi connectivity index (χ0v) is 14.3. The molecule has 0 unspecified atom stereocenters. The molecular weight excluding hydrogens is 318 g/mol. The highest BCUT2D eigenvalue weighted by atomic mass is 16.5. The molecule has 1 aromatic carbocycles. The average molecular weight is 341 g/mol. The van der Waals surface area contributed by atoms with Gasteiger partial charge in [0, 0.05) is 25.8 Å². The van der Waals surface area contributed by atoms with Crippen molar-refractivity contribution in [1.29, 1.82) is 0 Å². The van der Waals surface area contributed by atoms with Gasteiger partial charge in [0.15, 0.2) is 5.82 Å². The van der Waals surface area contributed by atoms with Crippen LogP contribution in [0.5, 0.6) is 0 Å². The van der Waals surface area contributed by atoms with Crippen LogP contribution in [0.2, 0.25) is 0 Å². The number of hydrogen-bond donors (Lipinski definition) is 0. The van der Waals surface area contributed by atoms with E-state index >= 15 is 0 Å². The van der Waals surface area contributed by atoms with Crippen molar-refractivity contribution in [3.05, 3.63) is 47.6 Å². The van der Waals surface area contributed by atoms with Gasteiger partial charge in [0.25, 0.3) is 0 Å². The minimum absolute atomic E-state index is 0.169. The second kappa shape index (κ2) is 7.35. The summed E-state index contributed by atoms with van der Waals surface area (Å²) in [5.41, 5.74) is 1.14. The Morgan fingerprint density at radius 1 is 1.24 bits per heavy atom. The largest absolute Gasteiger partial charge is 0.374 e. The van der Waals surface area contributed by atoms with Crippen LogP contribution in [0.15, 0.2) is 34.9 Å². The third-order valence-electron chi connectivity index (χ3n) is 5.07. The number of aryl methyl sites for hydroxylation is 1. The third kappa shape index (κ3) is 3.74. The van der Waals surface area contributed by atoms with Crippen molar-refractivity contribution in [3.63, 3.8) is 0 Å². The van der Waals surface area contributed by atoms with Crippen LogP contribution in [-0.2, 0) is 22.4 Å². The van der Waals surface area contributed by atoms with Crippen LogP contribution in [0.1, 0.15) is 43.0 Å². The van der Waals surface area contributed by atoms with Crippen LogP contribution in [-0.4, -0.2) is 46.2 Å².